The highest BCUT2D eigenvalue weighted by Gasteiger charge is 2.07. The molecule has 0 spiro atoms. The Hall–Kier alpha value is -3.02. The van der Waals surface area contributed by atoms with E-state index < -0.39 is 0 Å². The number of fused-ring (bicyclic) bond motifs is 1. The van der Waals surface area contributed by atoms with Gasteiger partial charge in [-0.15, -0.1) is 0 Å². The molecule has 0 bridgehead atoms. The third-order valence-corrected chi connectivity index (χ3v) is 4.62. The van der Waals surface area contributed by atoms with Gasteiger partial charge >= 0.3 is 0 Å². The Morgan fingerprint density at radius 3 is 2.89 bits per heavy atom. The van der Waals surface area contributed by atoms with Crippen LogP contribution in [0.2, 0.25) is 0 Å². The van der Waals surface area contributed by atoms with Crippen molar-refractivity contribution < 1.29 is 4.74 Å². The lowest BCUT2D eigenvalue weighted by Crippen LogP contribution is -2.38. The number of unbranched alkanes of at least 4 members (excludes halogenated alkanes) is 1. The summed E-state index contributed by atoms with van der Waals surface area (Å²) in [5.74, 6) is 1.46. The maximum Gasteiger partial charge on any atom is 0.218 e. The number of hydrogen-bond acceptors (Lipinski definition) is 3. The first-order chi connectivity index (χ1) is 13.8. The molecule has 0 aliphatic rings. The van der Waals surface area contributed by atoms with Crippen LogP contribution in [0.4, 0.5) is 0 Å². The molecule has 0 saturated heterocycles. The highest BCUT2D eigenvalue weighted by Crippen LogP contribution is 2.17. The zero-order valence-corrected chi connectivity index (χ0v) is 16.7. The fraction of sp³-hybridized carbons (Fsp3) is 0.364. The first-order valence-corrected chi connectivity index (χ1v) is 9.88. The topological polar surface area (TPSA) is 74.3 Å². The van der Waals surface area contributed by atoms with Crippen LogP contribution in [0.3, 0.4) is 0 Å². The molecular formula is C22H29N5O. The number of ether oxygens (including phenoxy) is 1. The van der Waals surface area contributed by atoms with E-state index in [0.717, 1.165) is 37.3 Å². The molecule has 0 unspecified atom stereocenters. The molecule has 3 rings (SSSR count). The van der Waals surface area contributed by atoms with Crippen LogP contribution in [0, 0.1) is 0 Å². The normalized spacial score (nSPS) is 11.6. The molecule has 0 saturated carbocycles. The van der Waals surface area contributed by atoms with Gasteiger partial charge in [-0.3, -0.25) is 4.99 Å². The number of nitrogens with one attached hydrogen (secondary N) is 3. The molecule has 0 amide bonds. The Labute approximate surface area is 166 Å². The van der Waals surface area contributed by atoms with Gasteiger partial charge in [0.25, 0.3) is 0 Å². The third-order valence-electron chi connectivity index (χ3n) is 4.62. The molecule has 2 heterocycles. The van der Waals surface area contributed by atoms with Gasteiger partial charge in [0.1, 0.15) is 0 Å². The second-order valence-corrected chi connectivity index (χ2v) is 6.63. The van der Waals surface area contributed by atoms with Gasteiger partial charge < -0.3 is 20.4 Å². The van der Waals surface area contributed by atoms with E-state index >= 15 is 0 Å². The SMILES string of the molecule is CCCCOc1ncccc1CNC(=NC)NCCc1c[nH]c2ccccc12. The molecular weight excluding hydrogens is 350 g/mol. The van der Waals surface area contributed by atoms with Crippen LogP contribution < -0.4 is 15.4 Å². The molecule has 0 aliphatic carbocycles. The lowest BCUT2D eigenvalue weighted by molar-refractivity contribution is 0.294. The molecule has 28 heavy (non-hydrogen) atoms. The molecule has 3 N–H and O–H groups in total. The van der Waals surface area contributed by atoms with Crippen molar-refractivity contribution in [2.24, 2.45) is 4.99 Å². The summed E-state index contributed by atoms with van der Waals surface area (Å²) >= 11 is 0. The monoisotopic (exact) mass is 379 g/mol. The zero-order chi connectivity index (χ0) is 19.6. The summed E-state index contributed by atoms with van der Waals surface area (Å²) in [6, 6.07) is 12.3. The predicted molar refractivity (Wildman–Crippen MR) is 115 cm³/mol. The second-order valence-electron chi connectivity index (χ2n) is 6.63. The van der Waals surface area contributed by atoms with Crippen molar-refractivity contribution in [3.8, 4) is 5.88 Å². The van der Waals surface area contributed by atoms with Crippen LogP contribution in [-0.4, -0.2) is 36.1 Å². The van der Waals surface area contributed by atoms with E-state index in [4.69, 9.17) is 4.74 Å². The molecule has 0 aliphatic heterocycles. The van der Waals surface area contributed by atoms with Crippen LogP contribution in [-0.2, 0) is 13.0 Å². The molecule has 3 aromatic rings. The number of aromatic amines is 1. The van der Waals surface area contributed by atoms with E-state index in [2.05, 4.69) is 56.9 Å². The fourth-order valence-electron chi connectivity index (χ4n) is 3.06. The number of para-hydroxylation sites is 1. The van der Waals surface area contributed by atoms with Crippen molar-refractivity contribution in [1.82, 2.24) is 20.6 Å². The zero-order valence-electron chi connectivity index (χ0n) is 16.7. The van der Waals surface area contributed by atoms with Crippen molar-refractivity contribution in [2.45, 2.75) is 32.7 Å². The molecule has 6 nitrogen and oxygen atoms in total. The summed E-state index contributed by atoms with van der Waals surface area (Å²) in [6.45, 7) is 4.25. The van der Waals surface area contributed by atoms with Gasteiger partial charge in [0.15, 0.2) is 5.96 Å². The number of hydrogen-bond donors (Lipinski definition) is 3. The number of aromatic nitrogens is 2. The van der Waals surface area contributed by atoms with E-state index in [1.165, 1.54) is 16.5 Å². The Balaban J connectivity index is 1.50. The summed E-state index contributed by atoms with van der Waals surface area (Å²) < 4.78 is 5.80. The summed E-state index contributed by atoms with van der Waals surface area (Å²) in [5, 5.41) is 8.00. The quantitative estimate of drug-likeness (QED) is 0.301. The number of rotatable bonds is 9. The Bertz CT molecular complexity index is 903. The van der Waals surface area contributed by atoms with Crippen molar-refractivity contribution in [3.05, 3.63) is 59.9 Å². The summed E-state index contributed by atoms with van der Waals surface area (Å²) in [4.78, 5) is 12.0. The van der Waals surface area contributed by atoms with Gasteiger partial charge in [0.05, 0.1) is 6.61 Å². The van der Waals surface area contributed by atoms with Crippen LogP contribution in [0.5, 0.6) is 5.88 Å². The van der Waals surface area contributed by atoms with Gasteiger partial charge in [-0.2, -0.15) is 0 Å². The average Bonchev–Trinajstić information content (AvgIpc) is 3.15. The van der Waals surface area contributed by atoms with Gasteiger partial charge in [0.2, 0.25) is 5.88 Å². The first-order valence-electron chi connectivity index (χ1n) is 9.88. The number of guanidine groups is 1. The Kier molecular flexibility index (Phi) is 7.29. The maximum absolute atomic E-state index is 5.80. The van der Waals surface area contributed by atoms with Gasteiger partial charge in [-0.1, -0.05) is 37.6 Å². The number of benzene rings is 1. The van der Waals surface area contributed by atoms with Crippen LogP contribution in [0.25, 0.3) is 10.9 Å². The Morgan fingerprint density at radius 2 is 2.04 bits per heavy atom. The number of nitrogens with zero attached hydrogens (tertiary/aromatic N) is 2. The van der Waals surface area contributed by atoms with E-state index in [1.807, 2.05) is 18.2 Å². The fourth-order valence-corrected chi connectivity index (χ4v) is 3.06. The van der Waals surface area contributed by atoms with Crippen molar-refractivity contribution >= 4 is 16.9 Å². The number of aliphatic imine (C=N–C) groups is 1. The predicted octanol–water partition coefficient (Wildman–Crippen LogP) is 3.65. The van der Waals surface area contributed by atoms with E-state index in [-0.39, 0.29) is 0 Å². The molecule has 148 valence electrons. The van der Waals surface area contributed by atoms with Crippen molar-refractivity contribution in [2.75, 3.05) is 20.2 Å². The second kappa shape index (κ2) is 10.3. The molecule has 0 radical (unpaired) electrons. The number of H-pyrrole nitrogens is 1. The lowest BCUT2D eigenvalue weighted by Gasteiger charge is -2.14. The minimum absolute atomic E-state index is 0.613. The first kappa shape index (κ1) is 19.7. The standard InChI is InChI=1S/C22H29N5O/c1-3-4-14-28-21-18(8-7-12-24-21)16-27-22(23-2)25-13-11-17-15-26-20-10-6-5-9-19(17)20/h5-10,12,15,26H,3-4,11,13-14,16H2,1-2H3,(H2,23,25,27). The van der Waals surface area contributed by atoms with Crippen molar-refractivity contribution in [3.63, 3.8) is 0 Å². The van der Waals surface area contributed by atoms with Gasteiger partial charge in [0, 0.05) is 49.0 Å². The van der Waals surface area contributed by atoms with Gasteiger partial charge in [-0.25, -0.2) is 4.98 Å². The van der Waals surface area contributed by atoms with E-state index in [9.17, 15) is 0 Å². The molecule has 0 atom stereocenters. The van der Waals surface area contributed by atoms with Crippen molar-refractivity contribution in [1.29, 1.82) is 0 Å². The van der Waals surface area contributed by atoms with Crippen LogP contribution in [0.15, 0.2) is 53.8 Å². The van der Waals surface area contributed by atoms with Crippen LogP contribution >= 0.6 is 0 Å². The minimum Gasteiger partial charge on any atom is -0.477 e. The highest BCUT2D eigenvalue weighted by atomic mass is 16.5. The summed E-state index contributed by atoms with van der Waals surface area (Å²) in [6.07, 6.45) is 6.90. The number of pyridine rings is 1. The van der Waals surface area contributed by atoms with Gasteiger partial charge in [-0.05, 0) is 30.5 Å². The summed E-state index contributed by atoms with van der Waals surface area (Å²) in [7, 11) is 1.78. The molecule has 2 aromatic heterocycles. The van der Waals surface area contributed by atoms with Crippen LogP contribution in [0.1, 0.15) is 30.9 Å². The smallest absolute Gasteiger partial charge is 0.218 e. The minimum atomic E-state index is 0.613. The third kappa shape index (κ3) is 5.25. The maximum atomic E-state index is 5.80. The average molecular weight is 380 g/mol. The lowest BCUT2D eigenvalue weighted by atomic mass is 10.1. The Morgan fingerprint density at radius 1 is 1.14 bits per heavy atom. The van der Waals surface area contributed by atoms with E-state index in [0.29, 0.717) is 19.0 Å². The largest absolute Gasteiger partial charge is 0.477 e. The van der Waals surface area contributed by atoms with E-state index in [1.54, 1.807) is 13.2 Å². The highest BCUT2D eigenvalue weighted by molar-refractivity contribution is 5.83. The molecule has 6 heteroatoms. The summed E-state index contributed by atoms with van der Waals surface area (Å²) in [5.41, 5.74) is 3.50. The molecule has 1 aromatic carbocycles. The molecule has 0 fully saturated rings.